The molecule has 5 nitrogen and oxygen atoms in total. The maximum absolute atomic E-state index is 12.7. The Labute approximate surface area is 134 Å². The fourth-order valence-corrected chi connectivity index (χ4v) is 4.15. The number of aryl methyl sites for hydroxylation is 3. The topological polar surface area (TPSA) is 68.0 Å². The number of amides is 1. The van der Waals surface area contributed by atoms with Crippen molar-refractivity contribution in [3.8, 4) is 0 Å². The Balaban J connectivity index is 1.86. The third-order valence-electron chi connectivity index (χ3n) is 4.33. The Kier molecular flexibility index (Phi) is 4.04. The summed E-state index contributed by atoms with van der Waals surface area (Å²) in [6.07, 6.45) is 4.82. The Morgan fingerprint density at radius 3 is 2.68 bits per heavy atom. The molecule has 2 aromatic rings. The first-order valence-electron chi connectivity index (χ1n) is 7.77. The van der Waals surface area contributed by atoms with Gasteiger partial charge >= 0.3 is 0 Å². The second kappa shape index (κ2) is 5.83. The molecule has 1 fully saturated rings. The lowest BCUT2D eigenvalue weighted by molar-refractivity contribution is 0.0896. The first-order chi connectivity index (χ1) is 10.5. The fourth-order valence-electron chi connectivity index (χ4n) is 3.14. The predicted octanol–water partition coefficient (Wildman–Crippen LogP) is 3.51. The molecule has 1 amide bonds. The summed E-state index contributed by atoms with van der Waals surface area (Å²) in [6, 6.07) is 1.98. The molecule has 0 spiro atoms. The van der Waals surface area contributed by atoms with Crippen LogP contribution in [0.25, 0.3) is 0 Å². The average molecular weight is 319 g/mol. The van der Waals surface area contributed by atoms with Gasteiger partial charge in [0, 0.05) is 11.8 Å². The second-order valence-corrected chi connectivity index (χ2v) is 7.09. The Morgan fingerprint density at radius 1 is 1.41 bits per heavy atom. The van der Waals surface area contributed by atoms with Crippen LogP contribution in [0.3, 0.4) is 0 Å². The largest absolute Gasteiger partial charge is 0.340 e. The third-order valence-corrected chi connectivity index (χ3v) is 5.71. The number of hydrogen-bond acceptors (Lipinski definition) is 5. The molecule has 0 bridgehead atoms. The van der Waals surface area contributed by atoms with Crippen LogP contribution in [-0.4, -0.2) is 16.0 Å². The van der Waals surface area contributed by atoms with E-state index in [1.807, 2.05) is 6.07 Å². The monoisotopic (exact) mass is 319 g/mol. The lowest BCUT2D eigenvalue weighted by atomic mass is 9.96. The van der Waals surface area contributed by atoms with Gasteiger partial charge in [-0.2, -0.15) is 4.98 Å². The molecule has 22 heavy (non-hydrogen) atoms. The van der Waals surface area contributed by atoms with Gasteiger partial charge in [0.15, 0.2) is 5.82 Å². The molecule has 6 heteroatoms. The third kappa shape index (κ3) is 2.67. The van der Waals surface area contributed by atoms with Crippen LogP contribution >= 0.6 is 11.3 Å². The zero-order valence-electron chi connectivity index (χ0n) is 13.2. The molecule has 1 N–H and O–H groups in total. The highest BCUT2D eigenvalue weighted by Gasteiger charge is 2.41. The van der Waals surface area contributed by atoms with Gasteiger partial charge in [0.25, 0.3) is 5.91 Å². The highest BCUT2D eigenvalue weighted by molar-refractivity contribution is 7.14. The standard InChI is InChI=1S/C16H21N3O2S/c1-4-12-10(2)9-13(22-12)14(20)18-16(7-5-6-8-16)15-17-11(3)21-19-15/h9H,4-8H2,1-3H3,(H,18,20). The number of rotatable bonds is 4. The van der Waals surface area contributed by atoms with Crippen molar-refractivity contribution in [2.45, 2.75) is 58.4 Å². The minimum Gasteiger partial charge on any atom is -0.340 e. The average Bonchev–Trinajstić information content (AvgIpc) is 3.19. The number of hydrogen-bond donors (Lipinski definition) is 1. The number of carbonyl (C=O) groups excluding carboxylic acids is 1. The van der Waals surface area contributed by atoms with Gasteiger partial charge in [0.05, 0.1) is 4.88 Å². The van der Waals surface area contributed by atoms with Gasteiger partial charge in [-0.15, -0.1) is 11.3 Å². The summed E-state index contributed by atoms with van der Waals surface area (Å²) in [7, 11) is 0. The van der Waals surface area contributed by atoms with E-state index in [2.05, 4.69) is 29.3 Å². The van der Waals surface area contributed by atoms with E-state index in [1.165, 1.54) is 10.4 Å². The summed E-state index contributed by atoms with van der Waals surface area (Å²) >= 11 is 1.57. The van der Waals surface area contributed by atoms with E-state index >= 15 is 0 Å². The molecule has 0 aliphatic heterocycles. The molecule has 2 aromatic heterocycles. The van der Waals surface area contributed by atoms with Crippen LogP contribution in [0.1, 0.15) is 64.4 Å². The smallest absolute Gasteiger partial charge is 0.262 e. The highest BCUT2D eigenvalue weighted by Crippen LogP contribution is 2.38. The maximum atomic E-state index is 12.7. The summed E-state index contributed by atoms with van der Waals surface area (Å²) in [5.74, 6) is 1.12. The molecule has 1 aliphatic rings. The lowest BCUT2D eigenvalue weighted by Crippen LogP contribution is -2.44. The summed E-state index contributed by atoms with van der Waals surface area (Å²) in [4.78, 5) is 19.1. The first kappa shape index (κ1) is 15.2. The summed E-state index contributed by atoms with van der Waals surface area (Å²) in [5.41, 5.74) is 0.715. The van der Waals surface area contributed by atoms with Crippen LogP contribution in [0.2, 0.25) is 0 Å². The number of thiophene rings is 1. The van der Waals surface area contributed by atoms with Crippen LogP contribution in [-0.2, 0) is 12.0 Å². The number of carbonyl (C=O) groups is 1. The van der Waals surface area contributed by atoms with E-state index in [0.717, 1.165) is 37.0 Å². The zero-order chi connectivity index (χ0) is 15.7. The van der Waals surface area contributed by atoms with Crippen molar-refractivity contribution in [3.05, 3.63) is 33.1 Å². The van der Waals surface area contributed by atoms with Crippen LogP contribution in [0.15, 0.2) is 10.6 Å². The van der Waals surface area contributed by atoms with Crippen molar-refractivity contribution in [1.82, 2.24) is 15.5 Å². The molecule has 0 unspecified atom stereocenters. The fraction of sp³-hybridized carbons (Fsp3) is 0.562. The van der Waals surface area contributed by atoms with Crippen molar-refractivity contribution < 1.29 is 9.32 Å². The van der Waals surface area contributed by atoms with E-state index in [-0.39, 0.29) is 5.91 Å². The zero-order valence-corrected chi connectivity index (χ0v) is 14.0. The normalized spacial score (nSPS) is 16.9. The van der Waals surface area contributed by atoms with Gasteiger partial charge in [-0.25, -0.2) is 0 Å². The van der Waals surface area contributed by atoms with Crippen LogP contribution in [0, 0.1) is 13.8 Å². The van der Waals surface area contributed by atoms with Gasteiger partial charge < -0.3 is 9.84 Å². The van der Waals surface area contributed by atoms with E-state index in [0.29, 0.717) is 11.7 Å². The number of aromatic nitrogens is 2. The van der Waals surface area contributed by atoms with Crippen molar-refractivity contribution >= 4 is 17.2 Å². The van der Waals surface area contributed by atoms with Crippen molar-refractivity contribution in [3.63, 3.8) is 0 Å². The van der Waals surface area contributed by atoms with Crippen LogP contribution in [0.4, 0.5) is 0 Å². The first-order valence-corrected chi connectivity index (χ1v) is 8.58. The summed E-state index contributed by atoms with van der Waals surface area (Å²) in [6.45, 7) is 5.94. The van der Waals surface area contributed by atoms with Gasteiger partial charge in [0.2, 0.25) is 5.89 Å². The van der Waals surface area contributed by atoms with Crippen molar-refractivity contribution in [1.29, 1.82) is 0 Å². The van der Waals surface area contributed by atoms with E-state index < -0.39 is 5.54 Å². The number of nitrogens with one attached hydrogen (secondary N) is 1. The van der Waals surface area contributed by atoms with Crippen molar-refractivity contribution in [2.24, 2.45) is 0 Å². The lowest BCUT2D eigenvalue weighted by Gasteiger charge is -2.26. The second-order valence-electron chi connectivity index (χ2n) is 5.95. The molecular weight excluding hydrogens is 298 g/mol. The van der Waals surface area contributed by atoms with E-state index in [4.69, 9.17) is 4.52 Å². The molecule has 3 rings (SSSR count). The summed E-state index contributed by atoms with van der Waals surface area (Å²) in [5, 5.41) is 7.25. The molecule has 0 saturated heterocycles. The van der Waals surface area contributed by atoms with Crippen molar-refractivity contribution in [2.75, 3.05) is 0 Å². The molecule has 0 radical (unpaired) electrons. The molecule has 1 saturated carbocycles. The predicted molar refractivity (Wildman–Crippen MR) is 85.1 cm³/mol. The molecule has 0 atom stereocenters. The van der Waals surface area contributed by atoms with Gasteiger partial charge in [-0.1, -0.05) is 24.9 Å². The SMILES string of the molecule is CCc1sc(C(=O)NC2(c3noc(C)n3)CCCC2)cc1C. The Bertz CT molecular complexity index is 683. The van der Waals surface area contributed by atoms with Gasteiger partial charge in [-0.3, -0.25) is 4.79 Å². The quantitative estimate of drug-likeness (QED) is 0.936. The summed E-state index contributed by atoms with van der Waals surface area (Å²) < 4.78 is 5.12. The highest BCUT2D eigenvalue weighted by atomic mass is 32.1. The molecule has 118 valence electrons. The Morgan fingerprint density at radius 2 is 2.14 bits per heavy atom. The molecular formula is C16H21N3O2S. The van der Waals surface area contributed by atoms with Crippen LogP contribution in [0.5, 0.6) is 0 Å². The van der Waals surface area contributed by atoms with Gasteiger partial charge in [-0.05, 0) is 37.8 Å². The Hall–Kier alpha value is -1.69. The van der Waals surface area contributed by atoms with E-state index in [1.54, 1.807) is 18.3 Å². The van der Waals surface area contributed by atoms with E-state index in [9.17, 15) is 4.79 Å². The minimum atomic E-state index is -0.473. The maximum Gasteiger partial charge on any atom is 0.262 e. The minimum absolute atomic E-state index is 0.0304. The molecule has 1 aliphatic carbocycles. The van der Waals surface area contributed by atoms with Gasteiger partial charge in [0.1, 0.15) is 5.54 Å². The molecule has 0 aromatic carbocycles. The molecule has 2 heterocycles. The number of nitrogens with zero attached hydrogens (tertiary/aromatic N) is 2. The van der Waals surface area contributed by atoms with Crippen LogP contribution < -0.4 is 5.32 Å².